The van der Waals surface area contributed by atoms with Crippen molar-refractivity contribution in [2.75, 3.05) is 33.3 Å². The monoisotopic (exact) mass is 406 g/mol. The molecule has 0 N–H and O–H groups in total. The molecule has 5 nitrogen and oxygen atoms in total. The maximum absolute atomic E-state index is 12.1. The van der Waals surface area contributed by atoms with Crippen LogP contribution in [0.3, 0.4) is 0 Å². The molecule has 4 rings (SSSR count). The number of benzene rings is 2. The molecule has 1 aliphatic heterocycles. The van der Waals surface area contributed by atoms with E-state index in [1.54, 1.807) is 13.2 Å². The van der Waals surface area contributed by atoms with E-state index in [2.05, 4.69) is 47.1 Å². The minimum absolute atomic E-state index is 0.267. The molecule has 1 saturated heterocycles. The summed E-state index contributed by atoms with van der Waals surface area (Å²) in [6.07, 6.45) is 0. The van der Waals surface area contributed by atoms with Crippen molar-refractivity contribution in [3.63, 3.8) is 0 Å². The zero-order chi connectivity index (χ0) is 21.3. The Kier molecular flexibility index (Phi) is 5.93. The molecule has 158 valence electrons. The van der Waals surface area contributed by atoms with Crippen molar-refractivity contribution in [2.45, 2.75) is 33.9 Å². The zero-order valence-electron chi connectivity index (χ0n) is 18.3. The van der Waals surface area contributed by atoms with Gasteiger partial charge < -0.3 is 9.15 Å². The van der Waals surface area contributed by atoms with Gasteiger partial charge in [-0.1, -0.05) is 29.8 Å². The van der Waals surface area contributed by atoms with Crippen LogP contribution in [0.2, 0.25) is 0 Å². The molecule has 2 aromatic carbocycles. The van der Waals surface area contributed by atoms with Gasteiger partial charge in [-0.3, -0.25) is 9.80 Å². The Labute approximate surface area is 177 Å². The van der Waals surface area contributed by atoms with Gasteiger partial charge >= 0.3 is 5.63 Å². The van der Waals surface area contributed by atoms with Gasteiger partial charge in [0.15, 0.2) is 0 Å². The van der Waals surface area contributed by atoms with E-state index in [0.717, 1.165) is 72.7 Å². The number of ether oxygens (including phenoxy) is 1. The second-order valence-electron chi connectivity index (χ2n) is 8.34. The molecular weight excluding hydrogens is 376 g/mol. The Morgan fingerprint density at radius 1 is 0.900 bits per heavy atom. The Morgan fingerprint density at radius 3 is 2.23 bits per heavy atom. The van der Waals surface area contributed by atoms with Crippen LogP contribution in [-0.2, 0) is 13.1 Å². The molecular formula is C25H30N2O3. The van der Waals surface area contributed by atoms with Gasteiger partial charge in [0, 0.05) is 56.3 Å². The van der Waals surface area contributed by atoms with Crippen molar-refractivity contribution in [1.82, 2.24) is 9.80 Å². The van der Waals surface area contributed by atoms with Crippen LogP contribution in [0.5, 0.6) is 5.75 Å². The number of fused-ring (bicyclic) bond motifs is 1. The number of aryl methyl sites for hydroxylation is 3. The predicted octanol–water partition coefficient (Wildman–Crippen LogP) is 4.04. The van der Waals surface area contributed by atoms with Crippen LogP contribution >= 0.6 is 0 Å². The molecule has 0 unspecified atom stereocenters. The van der Waals surface area contributed by atoms with E-state index >= 15 is 0 Å². The van der Waals surface area contributed by atoms with Crippen molar-refractivity contribution < 1.29 is 9.15 Å². The SMILES string of the molecule is COc1ccc(C)cc1CN1CCN(Cc2cc(=O)oc3c(C)c(C)ccc23)CC1. The molecule has 1 fully saturated rings. The van der Waals surface area contributed by atoms with E-state index in [1.165, 1.54) is 11.1 Å². The molecule has 30 heavy (non-hydrogen) atoms. The Balaban J connectivity index is 1.45. The molecule has 1 aromatic heterocycles. The lowest BCUT2D eigenvalue weighted by atomic mass is 10.0. The van der Waals surface area contributed by atoms with Gasteiger partial charge in [-0.05, 0) is 43.5 Å². The molecule has 2 heterocycles. The fraction of sp³-hybridized carbons (Fsp3) is 0.400. The molecule has 0 amide bonds. The standard InChI is InChI=1S/C25H30N2O3/c1-17-5-8-23(29-4)21(13-17)16-27-11-9-26(10-12-27)15-20-14-24(28)30-25-19(3)18(2)6-7-22(20)25/h5-8,13-14H,9-12,15-16H2,1-4H3. The molecule has 0 radical (unpaired) electrons. The molecule has 0 bridgehead atoms. The Morgan fingerprint density at radius 2 is 1.57 bits per heavy atom. The van der Waals surface area contributed by atoms with Crippen LogP contribution in [0.4, 0.5) is 0 Å². The van der Waals surface area contributed by atoms with Gasteiger partial charge in [0.1, 0.15) is 11.3 Å². The highest BCUT2D eigenvalue weighted by atomic mass is 16.5. The third-order valence-corrected chi connectivity index (χ3v) is 6.21. The third kappa shape index (κ3) is 4.27. The number of hydrogen-bond acceptors (Lipinski definition) is 5. The summed E-state index contributed by atoms with van der Waals surface area (Å²) in [5.74, 6) is 0.955. The summed E-state index contributed by atoms with van der Waals surface area (Å²) < 4.78 is 11.1. The van der Waals surface area contributed by atoms with E-state index in [0.29, 0.717) is 0 Å². The smallest absolute Gasteiger partial charge is 0.336 e. The lowest BCUT2D eigenvalue weighted by Crippen LogP contribution is -2.45. The summed E-state index contributed by atoms with van der Waals surface area (Å²) in [6, 6.07) is 12.2. The van der Waals surface area contributed by atoms with Crippen molar-refractivity contribution in [3.05, 3.63) is 74.6 Å². The largest absolute Gasteiger partial charge is 0.496 e. The van der Waals surface area contributed by atoms with E-state index in [4.69, 9.17) is 9.15 Å². The van der Waals surface area contributed by atoms with E-state index in [9.17, 15) is 4.79 Å². The first-order valence-corrected chi connectivity index (χ1v) is 10.6. The molecule has 5 heteroatoms. The second-order valence-corrected chi connectivity index (χ2v) is 8.34. The number of methoxy groups -OCH3 is 1. The Hall–Kier alpha value is -2.63. The minimum atomic E-state index is -0.267. The predicted molar refractivity (Wildman–Crippen MR) is 120 cm³/mol. The molecule has 3 aromatic rings. The number of rotatable bonds is 5. The second kappa shape index (κ2) is 8.62. The summed E-state index contributed by atoms with van der Waals surface area (Å²) in [5, 5.41) is 1.05. The number of nitrogens with zero attached hydrogens (tertiary/aromatic N) is 2. The van der Waals surface area contributed by atoms with Crippen LogP contribution < -0.4 is 10.4 Å². The third-order valence-electron chi connectivity index (χ3n) is 6.21. The van der Waals surface area contributed by atoms with E-state index < -0.39 is 0 Å². The highest BCUT2D eigenvalue weighted by molar-refractivity contribution is 5.83. The van der Waals surface area contributed by atoms with Crippen molar-refractivity contribution in [1.29, 1.82) is 0 Å². The number of piperazine rings is 1. The van der Waals surface area contributed by atoms with Crippen LogP contribution in [0.15, 0.2) is 45.6 Å². The summed E-state index contributed by atoms with van der Waals surface area (Å²) in [7, 11) is 1.73. The highest BCUT2D eigenvalue weighted by Crippen LogP contribution is 2.25. The first kappa shape index (κ1) is 20.6. The summed E-state index contributed by atoms with van der Waals surface area (Å²) in [5.41, 5.74) is 6.19. The van der Waals surface area contributed by atoms with Crippen molar-refractivity contribution >= 4 is 11.0 Å². The van der Waals surface area contributed by atoms with Gasteiger partial charge in [-0.15, -0.1) is 0 Å². The molecule has 0 spiro atoms. The average Bonchev–Trinajstić information content (AvgIpc) is 2.73. The van der Waals surface area contributed by atoms with Crippen molar-refractivity contribution in [3.8, 4) is 5.75 Å². The lowest BCUT2D eigenvalue weighted by molar-refractivity contribution is 0.121. The zero-order valence-corrected chi connectivity index (χ0v) is 18.3. The normalized spacial score (nSPS) is 15.6. The van der Waals surface area contributed by atoms with Crippen LogP contribution in [-0.4, -0.2) is 43.1 Å². The van der Waals surface area contributed by atoms with Gasteiger partial charge in [0.05, 0.1) is 7.11 Å². The molecule has 1 aliphatic rings. The maximum Gasteiger partial charge on any atom is 0.336 e. The average molecular weight is 407 g/mol. The summed E-state index contributed by atoms with van der Waals surface area (Å²) >= 11 is 0. The fourth-order valence-corrected chi connectivity index (χ4v) is 4.27. The first-order chi connectivity index (χ1) is 14.4. The lowest BCUT2D eigenvalue weighted by Gasteiger charge is -2.35. The minimum Gasteiger partial charge on any atom is -0.496 e. The highest BCUT2D eigenvalue weighted by Gasteiger charge is 2.20. The van der Waals surface area contributed by atoms with Crippen LogP contribution in [0.1, 0.15) is 27.8 Å². The molecule has 0 atom stereocenters. The number of hydrogen-bond donors (Lipinski definition) is 0. The van der Waals surface area contributed by atoms with Gasteiger partial charge in [-0.25, -0.2) is 4.79 Å². The molecule has 0 aliphatic carbocycles. The maximum atomic E-state index is 12.1. The van der Waals surface area contributed by atoms with E-state index in [-0.39, 0.29) is 5.63 Å². The van der Waals surface area contributed by atoms with E-state index in [1.807, 2.05) is 13.8 Å². The summed E-state index contributed by atoms with van der Waals surface area (Å²) in [6.45, 7) is 11.8. The first-order valence-electron chi connectivity index (χ1n) is 10.6. The molecule has 0 saturated carbocycles. The van der Waals surface area contributed by atoms with Gasteiger partial charge in [-0.2, -0.15) is 0 Å². The summed E-state index contributed by atoms with van der Waals surface area (Å²) in [4.78, 5) is 17.0. The Bertz CT molecular complexity index is 1110. The van der Waals surface area contributed by atoms with Gasteiger partial charge in [0.2, 0.25) is 0 Å². The fourth-order valence-electron chi connectivity index (χ4n) is 4.27. The topological polar surface area (TPSA) is 45.9 Å². The van der Waals surface area contributed by atoms with Crippen molar-refractivity contribution in [2.24, 2.45) is 0 Å². The quantitative estimate of drug-likeness (QED) is 0.599. The van der Waals surface area contributed by atoms with Gasteiger partial charge in [0.25, 0.3) is 0 Å². The van der Waals surface area contributed by atoms with Crippen LogP contribution in [0, 0.1) is 20.8 Å². The van der Waals surface area contributed by atoms with Crippen LogP contribution in [0.25, 0.3) is 11.0 Å².